The monoisotopic (exact) mass is 219 g/mol. The van der Waals surface area contributed by atoms with Crippen LogP contribution in [0.3, 0.4) is 0 Å². The molecule has 0 spiro atoms. The van der Waals surface area contributed by atoms with Gasteiger partial charge >= 0.3 is 11.9 Å². The number of carbonyl (C=O) groups excluding carboxylic acids is 2. The van der Waals surface area contributed by atoms with E-state index in [4.69, 9.17) is 0 Å². The minimum atomic E-state index is -0.681. The molecule has 0 saturated carbocycles. The summed E-state index contributed by atoms with van der Waals surface area (Å²) in [5.74, 6) is 3.42. The van der Waals surface area contributed by atoms with E-state index in [1.54, 1.807) is 12.1 Å². The molecule has 0 bridgehead atoms. The highest BCUT2D eigenvalue weighted by molar-refractivity contribution is 5.92. The zero-order valence-corrected chi connectivity index (χ0v) is 8.81. The molecule has 0 aromatic carbocycles. The van der Waals surface area contributed by atoms with Crippen molar-refractivity contribution in [3.63, 3.8) is 0 Å². The second kappa shape index (κ2) is 5.51. The van der Waals surface area contributed by atoms with Crippen molar-refractivity contribution in [1.82, 2.24) is 4.98 Å². The third-order valence-electron chi connectivity index (χ3n) is 1.67. The largest absolute Gasteiger partial charge is 0.464 e. The standard InChI is InChI=1S/C11H9NO4/c1-15-9(13)6-5-8-4-3-7-12-10(8)11(14)16-2/h3-4,7H,1-2H3. The van der Waals surface area contributed by atoms with Crippen LogP contribution in [0.25, 0.3) is 0 Å². The Labute approximate surface area is 92.4 Å². The lowest BCUT2D eigenvalue weighted by molar-refractivity contribution is -0.133. The smallest absolute Gasteiger partial charge is 0.384 e. The fourth-order valence-corrected chi connectivity index (χ4v) is 0.935. The number of hydrogen-bond acceptors (Lipinski definition) is 5. The van der Waals surface area contributed by atoms with E-state index in [1.807, 2.05) is 0 Å². The third-order valence-corrected chi connectivity index (χ3v) is 1.67. The van der Waals surface area contributed by atoms with E-state index in [9.17, 15) is 9.59 Å². The van der Waals surface area contributed by atoms with Gasteiger partial charge in [-0.2, -0.15) is 0 Å². The first-order chi connectivity index (χ1) is 7.69. The van der Waals surface area contributed by atoms with E-state index in [2.05, 4.69) is 26.3 Å². The fourth-order valence-electron chi connectivity index (χ4n) is 0.935. The Hall–Kier alpha value is -2.35. The Kier molecular flexibility index (Phi) is 4.04. The van der Waals surface area contributed by atoms with Crippen molar-refractivity contribution in [2.75, 3.05) is 14.2 Å². The maximum absolute atomic E-state index is 11.3. The molecule has 0 unspecified atom stereocenters. The molecule has 0 atom stereocenters. The first kappa shape index (κ1) is 11.7. The number of carbonyl (C=O) groups is 2. The average Bonchev–Trinajstić information content (AvgIpc) is 2.35. The van der Waals surface area contributed by atoms with Gasteiger partial charge in [-0.15, -0.1) is 0 Å². The maximum atomic E-state index is 11.3. The Morgan fingerprint density at radius 1 is 1.31 bits per heavy atom. The molecule has 0 aliphatic heterocycles. The first-order valence-corrected chi connectivity index (χ1v) is 4.32. The molecular formula is C11H9NO4. The number of rotatable bonds is 1. The maximum Gasteiger partial charge on any atom is 0.384 e. The van der Waals surface area contributed by atoms with Crippen LogP contribution in [0.4, 0.5) is 0 Å². The Morgan fingerprint density at radius 3 is 2.69 bits per heavy atom. The molecule has 0 aliphatic carbocycles. The lowest BCUT2D eigenvalue weighted by Crippen LogP contribution is -2.06. The molecule has 1 aromatic rings. The van der Waals surface area contributed by atoms with Crippen LogP contribution in [0.1, 0.15) is 16.1 Å². The molecule has 16 heavy (non-hydrogen) atoms. The molecule has 1 aromatic heterocycles. The molecular weight excluding hydrogens is 210 g/mol. The molecule has 0 N–H and O–H groups in total. The predicted octanol–water partition coefficient (Wildman–Crippen LogP) is 0.393. The van der Waals surface area contributed by atoms with Gasteiger partial charge in [-0.3, -0.25) is 0 Å². The predicted molar refractivity (Wildman–Crippen MR) is 54.5 cm³/mol. The lowest BCUT2D eigenvalue weighted by Gasteiger charge is -1.99. The minimum absolute atomic E-state index is 0.0707. The molecule has 0 fully saturated rings. The zero-order chi connectivity index (χ0) is 12.0. The normalized spacial score (nSPS) is 8.62. The molecule has 0 saturated heterocycles. The van der Waals surface area contributed by atoms with E-state index >= 15 is 0 Å². The highest BCUT2D eigenvalue weighted by Gasteiger charge is 2.11. The number of ether oxygens (including phenoxy) is 2. The number of aromatic nitrogens is 1. The quantitative estimate of drug-likeness (QED) is 0.505. The van der Waals surface area contributed by atoms with Gasteiger partial charge in [-0.1, -0.05) is 5.92 Å². The van der Waals surface area contributed by atoms with Crippen LogP contribution in [0.2, 0.25) is 0 Å². The van der Waals surface area contributed by atoms with Gasteiger partial charge in [0.05, 0.1) is 19.8 Å². The Morgan fingerprint density at radius 2 is 2.06 bits per heavy atom. The Bertz CT molecular complexity index is 470. The molecule has 0 amide bonds. The van der Waals surface area contributed by atoms with Gasteiger partial charge < -0.3 is 9.47 Å². The summed E-state index contributed by atoms with van der Waals surface area (Å²) < 4.78 is 8.87. The van der Waals surface area contributed by atoms with Crippen LogP contribution in [0, 0.1) is 11.8 Å². The third kappa shape index (κ3) is 2.82. The highest BCUT2D eigenvalue weighted by Crippen LogP contribution is 2.04. The van der Waals surface area contributed by atoms with E-state index in [0.29, 0.717) is 5.56 Å². The molecule has 82 valence electrons. The molecule has 5 nitrogen and oxygen atoms in total. The fraction of sp³-hybridized carbons (Fsp3) is 0.182. The number of pyridine rings is 1. The summed E-state index contributed by atoms with van der Waals surface area (Å²) in [5, 5.41) is 0. The van der Waals surface area contributed by atoms with Crippen molar-refractivity contribution in [1.29, 1.82) is 0 Å². The number of hydrogen-bond donors (Lipinski definition) is 0. The second-order valence-electron chi connectivity index (χ2n) is 2.63. The van der Waals surface area contributed by atoms with Gasteiger partial charge in [0.25, 0.3) is 0 Å². The van der Waals surface area contributed by atoms with E-state index in [-0.39, 0.29) is 5.69 Å². The van der Waals surface area contributed by atoms with Crippen LogP contribution in [0.5, 0.6) is 0 Å². The molecule has 0 radical (unpaired) electrons. The second-order valence-corrected chi connectivity index (χ2v) is 2.63. The molecule has 5 heteroatoms. The Balaban J connectivity index is 3.07. The van der Waals surface area contributed by atoms with Gasteiger partial charge in [-0.25, -0.2) is 14.6 Å². The van der Waals surface area contributed by atoms with Crippen LogP contribution in [-0.2, 0) is 14.3 Å². The number of nitrogens with zero attached hydrogens (tertiary/aromatic N) is 1. The molecule has 0 aliphatic rings. The van der Waals surface area contributed by atoms with Crippen LogP contribution < -0.4 is 0 Å². The minimum Gasteiger partial charge on any atom is -0.464 e. The summed E-state index contributed by atoms with van der Waals surface area (Å²) in [4.78, 5) is 25.9. The van der Waals surface area contributed by atoms with Crippen molar-refractivity contribution in [3.05, 3.63) is 29.6 Å². The van der Waals surface area contributed by atoms with E-state index in [1.165, 1.54) is 20.4 Å². The van der Waals surface area contributed by atoms with Crippen molar-refractivity contribution in [3.8, 4) is 11.8 Å². The zero-order valence-electron chi connectivity index (χ0n) is 8.81. The van der Waals surface area contributed by atoms with Crippen molar-refractivity contribution >= 4 is 11.9 Å². The number of methoxy groups -OCH3 is 2. The van der Waals surface area contributed by atoms with Crippen molar-refractivity contribution in [2.24, 2.45) is 0 Å². The van der Waals surface area contributed by atoms with Crippen molar-refractivity contribution < 1.29 is 19.1 Å². The highest BCUT2D eigenvalue weighted by atomic mass is 16.5. The van der Waals surface area contributed by atoms with Gasteiger partial charge in [0, 0.05) is 12.1 Å². The summed E-state index contributed by atoms with van der Waals surface area (Å²) in [6.07, 6.45) is 1.44. The SMILES string of the molecule is COC(=O)C#Cc1cccnc1C(=O)OC. The van der Waals surface area contributed by atoms with E-state index < -0.39 is 11.9 Å². The van der Waals surface area contributed by atoms with Crippen LogP contribution in [0.15, 0.2) is 18.3 Å². The van der Waals surface area contributed by atoms with E-state index in [0.717, 1.165) is 0 Å². The number of esters is 2. The van der Waals surface area contributed by atoms with Gasteiger partial charge in [0.15, 0.2) is 5.69 Å². The van der Waals surface area contributed by atoms with Crippen LogP contribution >= 0.6 is 0 Å². The summed E-state index contributed by atoms with van der Waals surface area (Å²) in [7, 11) is 2.47. The molecule has 1 rings (SSSR count). The summed E-state index contributed by atoms with van der Waals surface area (Å²) in [6.45, 7) is 0. The summed E-state index contributed by atoms with van der Waals surface area (Å²) in [6, 6.07) is 3.17. The first-order valence-electron chi connectivity index (χ1n) is 4.32. The van der Waals surface area contributed by atoms with Gasteiger partial charge in [0.1, 0.15) is 0 Å². The van der Waals surface area contributed by atoms with Crippen molar-refractivity contribution in [2.45, 2.75) is 0 Å². The average molecular weight is 219 g/mol. The van der Waals surface area contributed by atoms with Crippen LogP contribution in [-0.4, -0.2) is 31.1 Å². The van der Waals surface area contributed by atoms with Gasteiger partial charge in [0.2, 0.25) is 0 Å². The lowest BCUT2D eigenvalue weighted by atomic mass is 10.2. The van der Waals surface area contributed by atoms with Gasteiger partial charge in [-0.05, 0) is 12.1 Å². The summed E-state index contributed by atoms with van der Waals surface area (Å²) >= 11 is 0. The molecule has 1 heterocycles. The summed E-state index contributed by atoms with van der Waals surface area (Å²) in [5.41, 5.74) is 0.390. The topological polar surface area (TPSA) is 65.5 Å².